The highest BCUT2D eigenvalue weighted by atomic mass is 32.1. The smallest absolute Gasteiger partial charge is 0.255 e. The molecule has 2 amide bonds. The lowest BCUT2D eigenvalue weighted by molar-refractivity contribution is -0.129. The molecular formula is C17H17N3O2S. The van der Waals surface area contributed by atoms with E-state index in [9.17, 15) is 9.59 Å². The van der Waals surface area contributed by atoms with E-state index in [-0.39, 0.29) is 23.9 Å². The van der Waals surface area contributed by atoms with Gasteiger partial charge in [-0.2, -0.15) is 11.3 Å². The van der Waals surface area contributed by atoms with Crippen molar-refractivity contribution in [2.24, 2.45) is 0 Å². The summed E-state index contributed by atoms with van der Waals surface area (Å²) in [6, 6.07) is 5.85. The van der Waals surface area contributed by atoms with E-state index in [0.717, 1.165) is 24.1 Å². The van der Waals surface area contributed by atoms with Crippen LogP contribution in [-0.4, -0.2) is 45.2 Å². The molecule has 2 aliphatic heterocycles. The van der Waals surface area contributed by atoms with Crippen LogP contribution in [0.2, 0.25) is 0 Å². The third kappa shape index (κ3) is 2.53. The van der Waals surface area contributed by atoms with Crippen LogP contribution in [0.4, 0.5) is 0 Å². The van der Waals surface area contributed by atoms with Gasteiger partial charge in [0.2, 0.25) is 5.91 Å². The topological polar surface area (TPSA) is 53.5 Å². The number of pyridine rings is 1. The number of hydrogen-bond donors (Lipinski definition) is 0. The third-order valence-electron chi connectivity index (χ3n) is 4.72. The lowest BCUT2D eigenvalue weighted by Gasteiger charge is -2.25. The number of aromatic nitrogens is 1. The predicted octanol–water partition coefficient (Wildman–Crippen LogP) is 2.16. The van der Waals surface area contributed by atoms with Gasteiger partial charge in [0, 0.05) is 37.3 Å². The Morgan fingerprint density at radius 3 is 3.00 bits per heavy atom. The minimum absolute atomic E-state index is 0.00608. The number of carbonyl (C=O) groups is 2. The first-order chi connectivity index (χ1) is 11.2. The molecule has 4 heterocycles. The minimum Gasteiger partial charge on any atom is -0.333 e. The summed E-state index contributed by atoms with van der Waals surface area (Å²) in [7, 11) is 0. The number of carbonyl (C=O) groups excluding carboxylic acids is 2. The van der Waals surface area contributed by atoms with Gasteiger partial charge in [-0.3, -0.25) is 14.6 Å². The van der Waals surface area contributed by atoms with E-state index < -0.39 is 0 Å². The van der Waals surface area contributed by atoms with Crippen molar-refractivity contribution >= 4 is 23.2 Å². The van der Waals surface area contributed by atoms with Gasteiger partial charge in [-0.25, -0.2) is 0 Å². The van der Waals surface area contributed by atoms with Crippen LogP contribution in [0.1, 0.15) is 28.8 Å². The van der Waals surface area contributed by atoms with Gasteiger partial charge in [-0.1, -0.05) is 6.07 Å². The molecule has 23 heavy (non-hydrogen) atoms. The molecule has 2 aromatic heterocycles. The Hall–Kier alpha value is -2.21. The summed E-state index contributed by atoms with van der Waals surface area (Å²) in [5, 5.41) is 3.79. The van der Waals surface area contributed by atoms with Crippen molar-refractivity contribution in [2.75, 3.05) is 6.54 Å². The molecule has 2 aromatic rings. The number of nitrogens with zero attached hydrogens (tertiary/aromatic N) is 3. The summed E-state index contributed by atoms with van der Waals surface area (Å²) in [6.45, 7) is 1.30. The van der Waals surface area contributed by atoms with Crippen LogP contribution >= 0.6 is 11.3 Å². The normalized spacial score (nSPS) is 23.4. The molecule has 0 bridgehead atoms. The number of likely N-dealkylation sites (tertiary alicyclic amines) is 2. The maximum Gasteiger partial charge on any atom is 0.255 e. The molecule has 0 radical (unpaired) electrons. The maximum atomic E-state index is 12.6. The second kappa shape index (κ2) is 5.77. The van der Waals surface area contributed by atoms with Gasteiger partial charge in [-0.05, 0) is 29.5 Å². The van der Waals surface area contributed by atoms with E-state index in [1.165, 1.54) is 11.3 Å². The van der Waals surface area contributed by atoms with Gasteiger partial charge in [0.15, 0.2) is 0 Å². The van der Waals surface area contributed by atoms with E-state index in [4.69, 9.17) is 0 Å². The third-order valence-corrected chi connectivity index (χ3v) is 5.40. The quantitative estimate of drug-likeness (QED) is 0.868. The van der Waals surface area contributed by atoms with Crippen LogP contribution in [0.25, 0.3) is 0 Å². The summed E-state index contributed by atoms with van der Waals surface area (Å²) >= 11 is 1.52. The van der Waals surface area contributed by atoms with Crippen molar-refractivity contribution in [2.45, 2.75) is 31.5 Å². The van der Waals surface area contributed by atoms with Gasteiger partial charge in [0.25, 0.3) is 5.91 Å². The molecule has 0 aromatic carbocycles. The highest BCUT2D eigenvalue weighted by Crippen LogP contribution is 2.34. The second-order valence-electron chi connectivity index (χ2n) is 6.02. The Morgan fingerprint density at radius 2 is 2.26 bits per heavy atom. The summed E-state index contributed by atoms with van der Waals surface area (Å²) < 4.78 is 0. The molecule has 0 saturated carbocycles. The fourth-order valence-electron chi connectivity index (χ4n) is 3.63. The number of thiophene rings is 1. The van der Waals surface area contributed by atoms with Crippen LogP contribution in [0.15, 0.2) is 41.4 Å². The molecule has 2 saturated heterocycles. The maximum absolute atomic E-state index is 12.6. The van der Waals surface area contributed by atoms with Gasteiger partial charge in [-0.15, -0.1) is 0 Å². The zero-order chi connectivity index (χ0) is 15.8. The van der Waals surface area contributed by atoms with Crippen molar-refractivity contribution in [1.29, 1.82) is 0 Å². The van der Waals surface area contributed by atoms with Crippen LogP contribution in [0, 0.1) is 0 Å². The summed E-state index contributed by atoms with van der Waals surface area (Å²) in [4.78, 5) is 32.9. The average Bonchev–Trinajstić information content (AvgIpc) is 3.27. The zero-order valence-corrected chi connectivity index (χ0v) is 13.4. The van der Waals surface area contributed by atoms with Crippen molar-refractivity contribution in [3.05, 3.63) is 52.5 Å². The molecule has 0 N–H and O–H groups in total. The molecule has 2 fully saturated rings. The highest BCUT2D eigenvalue weighted by molar-refractivity contribution is 7.08. The fourth-order valence-corrected chi connectivity index (χ4v) is 4.26. The lowest BCUT2D eigenvalue weighted by atomic mass is 10.1. The zero-order valence-electron chi connectivity index (χ0n) is 12.6. The highest BCUT2D eigenvalue weighted by Gasteiger charge is 2.48. The predicted molar refractivity (Wildman–Crippen MR) is 87.0 cm³/mol. The number of amides is 2. The van der Waals surface area contributed by atoms with E-state index in [2.05, 4.69) is 4.98 Å². The first-order valence-electron chi connectivity index (χ1n) is 7.75. The van der Waals surface area contributed by atoms with E-state index >= 15 is 0 Å². The van der Waals surface area contributed by atoms with Crippen molar-refractivity contribution < 1.29 is 9.59 Å². The molecule has 4 rings (SSSR count). The van der Waals surface area contributed by atoms with E-state index in [0.29, 0.717) is 13.0 Å². The van der Waals surface area contributed by atoms with E-state index in [1.54, 1.807) is 12.4 Å². The molecule has 6 heteroatoms. The molecule has 118 valence electrons. The van der Waals surface area contributed by atoms with E-state index in [1.807, 2.05) is 38.8 Å². The fraction of sp³-hybridized carbons (Fsp3) is 0.353. The van der Waals surface area contributed by atoms with Crippen molar-refractivity contribution in [3.8, 4) is 0 Å². The van der Waals surface area contributed by atoms with Gasteiger partial charge >= 0.3 is 0 Å². The molecule has 0 unspecified atom stereocenters. The Labute approximate surface area is 138 Å². The minimum atomic E-state index is 0.00608. The molecule has 2 atom stereocenters. The lowest BCUT2D eigenvalue weighted by Crippen LogP contribution is -2.39. The van der Waals surface area contributed by atoms with Gasteiger partial charge in [0.1, 0.15) is 0 Å². The van der Waals surface area contributed by atoms with Gasteiger partial charge < -0.3 is 9.80 Å². The number of rotatable bonds is 3. The Kier molecular flexibility index (Phi) is 3.61. The molecule has 0 aliphatic carbocycles. The van der Waals surface area contributed by atoms with Gasteiger partial charge in [0.05, 0.1) is 17.6 Å². The molecular weight excluding hydrogens is 310 g/mol. The molecule has 2 aliphatic rings. The Bertz CT molecular complexity index is 717. The standard InChI is InChI=1S/C17H17N3O2S/c21-16-8-15-14(20(16)10-12-2-1-5-18-9-12)3-6-19(15)17(22)13-4-7-23-11-13/h1-2,4-5,7,9,11,14-15H,3,6,8,10H2/t14-,15+/m0/s1. The first kappa shape index (κ1) is 14.4. The monoisotopic (exact) mass is 327 g/mol. The van der Waals surface area contributed by atoms with Crippen LogP contribution in [0.5, 0.6) is 0 Å². The summed E-state index contributed by atoms with van der Waals surface area (Å²) in [5.74, 6) is 0.182. The van der Waals surface area contributed by atoms with Crippen LogP contribution in [-0.2, 0) is 11.3 Å². The average molecular weight is 327 g/mol. The van der Waals surface area contributed by atoms with Crippen LogP contribution in [0.3, 0.4) is 0 Å². The molecule has 0 spiro atoms. The Balaban J connectivity index is 1.52. The number of hydrogen-bond acceptors (Lipinski definition) is 4. The largest absolute Gasteiger partial charge is 0.333 e. The Morgan fingerprint density at radius 1 is 1.35 bits per heavy atom. The van der Waals surface area contributed by atoms with Crippen molar-refractivity contribution in [1.82, 2.24) is 14.8 Å². The number of fused-ring (bicyclic) bond motifs is 1. The molecule has 5 nitrogen and oxygen atoms in total. The SMILES string of the molecule is O=C(c1ccsc1)N1CC[C@H]2[C@H]1CC(=O)N2Cc1cccnc1. The van der Waals surface area contributed by atoms with Crippen LogP contribution < -0.4 is 0 Å². The summed E-state index contributed by atoms with van der Waals surface area (Å²) in [6.07, 6.45) is 4.81. The first-order valence-corrected chi connectivity index (χ1v) is 8.70. The second-order valence-corrected chi connectivity index (χ2v) is 6.80. The summed E-state index contributed by atoms with van der Waals surface area (Å²) in [5.41, 5.74) is 1.76. The van der Waals surface area contributed by atoms with Crippen molar-refractivity contribution in [3.63, 3.8) is 0 Å².